The Hall–Kier alpha value is 0.270. The lowest BCUT2D eigenvalue weighted by atomic mass is 9.94. The normalized spacial score (nSPS) is 27.6. The predicted octanol–water partition coefficient (Wildman–Crippen LogP) is 2.06. The van der Waals surface area contributed by atoms with Crippen LogP contribution in [0.3, 0.4) is 0 Å². The minimum absolute atomic E-state index is 0.665. The molecule has 1 saturated heterocycles. The molecule has 0 spiro atoms. The van der Waals surface area contributed by atoms with Crippen molar-refractivity contribution in [2.45, 2.75) is 38.8 Å². The van der Waals surface area contributed by atoms with Crippen molar-refractivity contribution in [2.75, 3.05) is 32.1 Å². The second-order valence-corrected chi connectivity index (χ2v) is 5.92. The summed E-state index contributed by atoms with van der Waals surface area (Å²) in [5, 5.41) is 3.51. The summed E-state index contributed by atoms with van der Waals surface area (Å²) >= 11 is 2.10. The lowest BCUT2D eigenvalue weighted by Crippen LogP contribution is -2.52. The number of rotatable bonds is 5. The first-order valence-corrected chi connectivity index (χ1v) is 7.29. The third-order valence-electron chi connectivity index (χ3n) is 3.63. The van der Waals surface area contributed by atoms with Gasteiger partial charge in [-0.25, -0.2) is 0 Å². The van der Waals surface area contributed by atoms with Crippen molar-refractivity contribution < 1.29 is 0 Å². The van der Waals surface area contributed by atoms with Crippen molar-refractivity contribution in [1.29, 1.82) is 0 Å². The molecule has 1 N–H and O–H groups in total. The first kappa shape index (κ1) is 13.3. The summed E-state index contributed by atoms with van der Waals surface area (Å²) in [7, 11) is 4.38. The van der Waals surface area contributed by atoms with Crippen molar-refractivity contribution in [3.63, 3.8) is 0 Å². The van der Waals surface area contributed by atoms with Crippen LogP contribution in [-0.4, -0.2) is 49.1 Å². The third kappa shape index (κ3) is 3.97. The molecule has 0 aliphatic carbocycles. The van der Waals surface area contributed by atoms with Gasteiger partial charge in [0.25, 0.3) is 0 Å². The Morgan fingerprint density at radius 3 is 2.80 bits per heavy atom. The highest BCUT2D eigenvalue weighted by atomic mass is 32.2. The Balaban J connectivity index is 2.48. The first-order valence-electron chi connectivity index (χ1n) is 6.14. The van der Waals surface area contributed by atoms with Crippen molar-refractivity contribution in [2.24, 2.45) is 5.92 Å². The molecule has 1 aliphatic heterocycles. The molecule has 1 aliphatic rings. The highest BCUT2D eigenvalue weighted by molar-refractivity contribution is 7.99. The Kier molecular flexibility index (Phi) is 6.02. The molecule has 15 heavy (non-hydrogen) atoms. The number of nitrogens with zero attached hydrogens (tertiary/aromatic N) is 1. The van der Waals surface area contributed by atoms with E-state index in [2.05, 4.69) is 49.9 Å². The molecule has 1 fully saturated rings. The van der Waals surface area contributed by atoms with E-state index in [4.69, 9.17) is 0 Å². The van der Waals surface area contributed by atoms with Gasteiger partial charge >= 0.3 is 0 Å². The molecule has 0 amide bonds. The van der Waals surface area contributed by atoms with Crippen LogP contribution in [0.5, 0.6) is 0 Å². The lowest BCUT2D eigenvalue weighted by Gasteiger charge is -2.38. The van der Waals surface area contributed by atoms with Crippen LogP contribution in [0.2, 0.25) is 0 Å². The van der Waals surface area contributed by atoms with Gasteiger partial charge in [0.05, 0.1) is 0 Å². The molecule has 0 aromatic heterocycles. The molecule has 0 saturated carbocycles. The lowest BCUT2D eigenvalue weighted by molar-refractivity contribution is 0.201. The van der Waals surface area contributed by atoms with E-state index >= 15 is 0 Å². The van der Waals surface area contributed by atoms with E-state index in [1.165, 1.54) is 30.9 Å². The van der Waals surface area contributed by atoms with E-state index in [9.17, 15) is 0 Å². The van der Waals surface area contributed by atoms with Gasteiger partial charge in [-0.15, -0.1) is 0 Å². The van der Waals surface area contributed by atoms with Crippen LogP contribution in [0.15, 0.2) is 0 Å². The fourth-order valence-corrected chi connectivity index (χ4v) is 3.51. The average molecular weight is 230 g/mol. The maximum absolute atomic E-state index is 3.51. The Morgan fingerprint density at radius 2 is 2.27 bits per heavy atom. The van der Waals surface area contributed by atoms with Gasteiger partial charge in [0, 0.05) is 30.1 Å². The van der Waals surface area contributed by atoms with Crippen molar-refractivity contribution in [3.8, 4) is 0 Å². The van der Waals surface area contributed by atoms with Gasteiger partial charge in [0.1, 0.15) is 0 Å². The Labute approximate surface area is 99.2 Å². The number of hydrogen-bond acceptors (Lipinski definition) is 3. The minimum atomic E-state index is 0.665. The summed E-state index contributed by atoms with van der Waals surface area (Å²) in [5.74, 6) is 3.42. The van der Waals surface area contributed by atoms with Crippen molar-refractivity contribution in [3.05, 3.63) is 0 Å². The van der Waals surface area contributed by atoms with Crippen molar-refractivity contribution >= 4 is 11.8 Å². The molecule has 90 valence electrons. The summed E-state index contributed by atoms with van der Waals surface area (Å²) in [4.78, 5) is 2.53. The average Bonchev–Trinajstić information content (AvgIpc) is 2.26. The summed E-state index contributed by atoms with van der Waals surface area (Å²) in [6.07, 6.45) is 2.60. The van der Waals surface area contributed by atoms with Gasteiger partial charge in [-0.05, 0) is 26.4 Å². The zero-order valence-corrected chi connectivity index (χ0v) is 11.4. The van der Waals surface area contributed by atoms with Gasteiger partial charge in [-0.3, -0.25) is 0 Å². The topological polar surface area (TPSA) is 15.3 Å². The fourth-order valence-electron chi connectivity index (χ4n) is 2.20. The molecular weight excluding hydrogens is 204 g/mol. The standard InChI is InChI=1S/C12H26N2S/c1-5-10(2)8-11(13-3)12-9-15-7-6-14(12)4/h10-13H,5-9H2,1-4H3. The third-order valence-corrected chi connectivity index (χ3v) is 4.68. The van der Waals surface area contributed by atoms with Crippen LogP contribution in [0.1, 0.15) is 26.7 Å². The zero-order valence-electron chi connectivity index (χ0n) is 10.6. The maximum atomic E-state index is 3.51. The maximum Gasteiger partial charge on any atom is 0.0337 e. The van der Waals surface area contributed by atoms with E-state index in [-0.39, 0.29) is 0 Å². The summed E-state index contributed by atoms with van der Waals surface area (Å²) in [6, 6.07) is 1.39. The van der Waals surface area contributed by atoms with E-state index in [0.29, 0.717) is 6.04 Å². The molecule has 0 bridgehead atoms. The van der Waals surface area contributed by atoms with Crippen molar-refractivity contribution in [1.82, 2.24) is 10.2 Å². The van der Waals surface area contributed by atoms with Crippen LogP contribution < -0.4 is 5.32 Å². The predicted molar refractivity (Wildman–Crippen MR) is 70.7 cm³/mol. The summed E-state index contributed by atoms with van der Waals surface area (Å²) in [6.45, 7) is 5.89. The van der Waals surface area contributed by atoms with Gasteiger partial charge < -0.3 is 10.2 Å². The Morgan fingerprint density at radius 1 is 1.53 bits per heavy atom. The van der Waals surface area contributed by atoms with Crippen LogP contribution in [-0.2, 0) is 0 Å². The molecule has 1 rings (SSSR count). The largest absolute Gasteiger partial charge is 0.315 e. The second kappa shape index (κ2) is 6.77. The summed E-state index contributed by atoms with van der Waals surface area (Å²) in [5.41, 5.74) is 0. The van der Waals surface area contributed by atoms with Crippen LogP contribution in [0.25, 0.3) is 0 Å². The number of hydrogen-bond donors (Lipinski definition) is 1. The first-order chi connectivity index (χ1) is 7.19. The highest BCUT2D eigenvalue weighted by Gasteiger charge is 2.27. The quantitative estimate of drug-likeness (QED) is 0.778. The van der Waals surface area contributed by atoms with Crippen LogP contribution in [0, 0.1) is 5.92 Å². The van der Waals surface area contributed by atoms with Gasteiger partial charge in [0.2, 0.25) is 0 Å². The SMILES string of the molecule is CCC(C)CC(NC)C1CSCCN1C. The molecule has 3 unspecified atom stereocenters. The van der Waals surface area contributed by atoms with E-state index < -0.39 is 0 Å². The molecule has 3 heteroatoms. The molecule has 2 nitrogen and oxygen atoms in total. The number of thioether (sulfide) groups is 1. The number of likely N-dealkylation sites (N-methyl/N-ethyl adjacent to an activating group) is 2. The molecule has 1 heterocycles. The van der Waals surface area contributed by atoms with Crippen LogP contribution in [0.4, 0.5) is 0 Å². The fraction of sp³-hybridized carbons (Fsp3) is 1.00. The second-order valence-electron chi connectivity index (χ2n) is 4.77. The summed E-state index contributed by atoms with van der Waals surface area (Å²) < 4.78 is 0. The van der Waals surface area contributed by atoms with Gasteiger partial charge in [-0.1, -0.05) is 20.3 Å². The van der Waals surface area contributed by atoms with Gasteiger partial charge in [-0.2, -0.15) is 11.8 Å². The molecule has 0 aromatic carbocycles. The molecule has 3 atom stereocenters. The van der Waals surface area contributed by atoms with E-state index in [1.54, 1.807) is 0 Å². The zero-order chi connectivity index (χ0) is 11.3. The van der Waals surface area contributed by atoms with Gasteiger partial charge in [0.15, 0.2) is 0 Å². The van der Waals surface area contributed by atoms with E-state index in [1.807, 2.05) is 0 Å². The monoisotopic (exact) mass is 230 g/mol. The Bertz CT molecular complexity index is 175. The minimum Gasteiger partial charge on any atom is -0.315 e. The molecule has 0 aromatic rings. The van der Waals surface area contributed by atoms with Crippen LogP contribution >= 0.6 is 11.8 Å². The smallest absolute Gasteiger partial charge is 0.0337 e. The number of nitrogens with one attached hydrogen (secondary N) is 1. The van der Waals surface area contributed by atoms with E-state index in [0.717, 1.165) is 12.0 Å². The highest BCUT2D eigenvalue weighted by Crippen LogP contribution is 2.21. The molecule has 0 radical (unpaired) electrons. The molecular formula is C12H26N2S.